The first-order valence-corrected chi connectivity index (χ1v) is 9.13. The molecule has 1 aliphatic heterocycles. The van der Waals surface area contributed by atoms with E-state index in [-0.39, 0.29) is 11.7 Å². The van der Waals surface area contributed by atoms with Crippen LogP contribution >= 0.6 is 0 Å². The summed E-state index contributed by atoms with van der Waals surface area (Å²) < 4.78 is 5.58. The summed E-state index contributed by atoms with van der Waals surface area (Å²) in [6, 6.07) is 8.27. The molecule has 2 heterocycles. The number of morpholine rings is 1. The van der Waals surface area contributed by atoms with Crippen molar-refractivity contribution in [2.75, 3.05) is 24.7 Å². The molecule has 1 aromatic carbocycles. The van der Waals surface area contributed by atoms with Gasteiger partial charge in [-0.1, -0.05) is 6.92 Å². The molecular formula is C19H24N4O4. The van der Waals surface area contributed by atoms with E-state index in [1.807, 2.05) is 13.0 Å². The highest BCUT2D eigenvalue weighted by molar-refractivity contribution is 5.60. The maximum atomic E-state index is 10.9. The monoisotopic (exact) mass is 372 g/mol. The molecule has 1 aromatic heterocycles. The van der Waals surface area contributed by atoms with Crippen LogP contribution in [0.3, 0.4) is 0 Å². The highest BCUT2D eigenvalue weighted by atomic mass is 16.6. The fourth-order valence-electron chi connectivity index (χ4n) is 3.22. The van der Waals surface area contributed by atoms with Crippen LogP contribution in [0.1, 0.15) is 26.0 Å². The number of non-ortho nitro benzene ring substituents is 1. The standard InChI is InChI=1S/C19H24N4O4/c1-3-15-11-18(22-8-9-27-12-17(22)10-13(2)24)21-19(20-15)14-4-6-16(7-5-14)23(25)26/h4-7,11,13,17,24H,3,8-10,12H2,1-2H3. The number of anilines is 1. The molecule has 0 spiro atoms. The van der Waals surface area contributed by atoms with Gasteiger partial charge in [0.2, 0.25) is 0 Å². The number of hydrogen-bond donors (Lipinski definition) is 1. The second kappa shape index (κ2) is 8.41. The lowest BCUT2D eigenvalue weighted by molar-refractivity contribution is -0.384. The number of aryl methyl sites for hydroxylation is 1. The average molecular weight is 372 g/mol. The van der Waals surface area contributed by atoms with Gasteiger partial charge < -0.3 is 14.7 Å². The molecule has 1 N–H and O–H groups in total. The molecule has 144 valence electrons. The fraction of sp³-hybridized carbons (Fsp3) is 0.474. The normalized spacial score (nSPS) is 18.3. The smallest absolute Gasteiger partial charge is 0.269 e. The lowest BCUT2D eigenvalue weighted by atomic mass is 10.1. The van der Waals surface area contributed by atoms with Gasteiger partial charge in [-0.2, -0.15) is 0 Å². The van der Waals surface area contributed by atoms with Gasteiger partial charge in [-0.15, -0.1) is 0 Å². The van der Waals surface area contributed by atoms with Gasteiger partial charge in [-0.05, 0) is 31.9 Å². The summed E-state index contributed by atoms with van der Waals surface area (Å²) in [4.78, 5) is 21.9. The summed E-state index contributed by atoms with van der Waals surface area (Å²) in [6.07, 6.45) is 0.917. The summed E-state index contributed by atoms with van der Waals surface area (Å²) >= 11 is 0. The summed E-state index contributed by atoms with van der Waals surface area (Å²) in [5.41, 5.74) is 1.67. The zero-order chi connectivity index (χ0) is 19.4. The highest BCUT2D eigenvalue weighted by Gasteiger charge is 2.26. The van der Waals surface area contributed by atoms with Gasteiger partial charge in [0.15, 0.2) is 5.82 Å². The van der Waals surface area contributed by atoms with E-state index < -0.39 is 11.0 Å². The molecule has 1 saturated heterocycles. The SMILES string of the molecule is CCc1cc(N2CCOCC2CC(C)O)nc(-c2ccc([N+](=O)[O-])cc2)n1. The van der Waals surface area contributed by atoms with Gasteiger partial charge >= 0.3 is 0 Å². The third-order valence-corrected chi connectivity index (χ3v) is 4.60. The van der Waals surface area contributed by atoms with Crippen LogP contribution in [0.15, 0.2) is 30.3 Å². The zero-order valence-electron chi connectivity index (χ0n) is 15.5. The van der Waals surface area contributed by atoms with Crippen LogP contribution in [0.4, 0.5) is 11.5 Å². The van der Waals surface area contributed by atoms with Gasteiger partial charge in [-0.25, -0.2) is 9.97 Å². The van der Waals surface area contributed by atoms with Crippen molar-refractivity contribution in [3.63, 3.8) is 0 Å². The molecule has 1 fully saturated rings. The van der Waals surface area contributed by atoms with Crippen molar-refractivity contribution in [3.8, 4) is 11.4 Å². The Kier molecular flexibility index (Phi) is 5.98. The molecule has 8 nitrogen and oxygen atoms in total. The second-order valence-corrected chi connectivity index (χ2v) is 6.71. The largest absolute Gasteiger partial charge is 0.393 e. The minimum absolute atomic E-state index is 0.0378. The average Bonchev–Trinajstić information content (AvgIpc) is 2.67. The molecule has 8 heteroatoms. The maximum Gasteiger partial charge on any atom is 0.269 e. The van der Waals surface area contributed by atoms with Crippen molar-refractivity contribution in [1.82, 2.24) is 9.97 Å². The molecule has 0 bridgehead atoms. The Balaban J connectivity index is 1.96. The molecule has 0 radical (unpaired) electrons. The van der Waals surface area contributed by atoms with Gasteiger partial charge in [0, 0.05) is 36.0 Å². The molecular weight excluding hydrogens is 348 g/mol. The number of nitro benzene ring substituents is 1. The number of aliphatic hydroxyl groups excluding tert-OH is 1. The Hall–Kier alpha value is -2.58. The summed E-state index contributed by atoms with van der Waals surface area (Å²) in [5, 5.41) is 20.7. The Labute approximate surface area is 158 Å². The topological polar surface area (TPSA) is 102 Å². The molecule has 0 saturated carbocycles. The van der Waals surface area contributed by atoms with E-state index in [0.717, 1.165) is 23.5 Å². The second-order valence-electron chi connectivity index (χ2n) is 6.71. The fourth-order valence-corrected chi connectivity index (χ4v) is 3.22. The van der Waals surface area contributed by atoms with Crippen LogP contribution in [0, 0.1) is 10.1 Å². The van der Waals surface area contributed by atoms with Gasteiger partial charge in [0.05, 0.1) is 30.3 Å². The number of ether oxygens (including phenoxy) is 1. The number of aromatic nitrogens is 2. The van der Waals surface area contributed by atoms with E-state index in [1.54, 1.807) is 19.1 Å². The molecule has 3 rings (SSSR count). The number of nitro groups is 1. The number of rotatable bonds is 6. The Morgan fingerprint density at radius 3 is 2.74 bits per heavy atom. The maximum absolute atomic E-state index is 10.9. The van der Waals surface area contributed by atoms with Crippen molar-refractivity contribution >= 4 is 11.5 Å². The number of aliphatic hydroxyl groups is 1. The zero-order valence-corrected chi connectivity index (χ0v) is 15.5. The quantitative estimate of drug-likeness (QED) is 0.614. The first-order chi connectivity index (χ1) is 13.0. The minimum atomic E-state index is -0.430. The van der Waals surface area contributed by atoms with E-state index in [9.17, 15) is 15.2 Å². The molecule has 0 aliphatic carbocycles. The lowest BCUT2D eigenvalue weighted by Gasteiger charge is -2.37. The van der Waals surface area contributed by atoms with Gasteiger partial charge in [-0.3, -0.25) is 10.1 Å². The Morgan fingerprint density at radius 1 is 1.37 bits per heavy atom. The van der Waals surface area contributed by atoms with Crippen molar-refractivity contribution in [3.05, 3.63) is 46.1 Å². The lowest BCUT2D eigenvalue weighted by Crippen LogP contribution is -2.47. The summed E-state index contributed by atoms with van der Waals surface area (Å²) in [7, 11) is 0. The van der Waals surface area contributed by atoms with Crippen molar-refractivity contribution in [1.29, 1.82) is 0 Å². The minimum Gasteiger partial charge on any atom is -0.393 e. The van der Waals surface area contributed by atoms with Crippen LogP contribution in [0.25, 0.3) is 11.4 Å². The molecule has 1 aliphatic rings. The Morgan fingerprint density at radius 2 is 2.11 bits per heavy atom. The van der Waals surface area contributed by atoms with Crippen LogP contribution < -0.4 is 4.90 Å². The van der Waals surface area contributed by atoms with Crippen molar-refractivity contribution in [2.24, 2.45) is 0 Å². The molecule has 2 unspecified atom stereocenters. The molecule has 2 atom stereocenters. The Bertz CT molecular complexity index is 795. The van der Waals surface area contributed by atoms with Crippen LogP contribution in [-0.4, -0.2) is 51.9 Å². The van der Waals surface area contributed by atoms with Crippen LogP contribution in [-0.2, 0) is 11.2 Å². The van der Waals surface area contributed by atoms with Crippen molar-refractivity contribution < 1.29 is 14.8 Å². The van der Waals surface area contributed by atoms with Gasteiger partial charge in [0.1, 0.15) is 5.82 Å². The summed E-state index contributed by atoms with van der Waals surface area (Å²) in [5.74, 6) is 1.34. The first-order valence-electron chi connectivity index (χ1n) is 9.13. The van der Waals surface area contributed by atoms with E-state index in [2.05, 4.69) is 9.88 Å². The number of hydrogen-bond acceptors (Lipinski definition) is 7. The van der Waals surface area contributed by atoms with E-state index >= 15 is 0 Å². The van der Waals surface area contributed by atoms with E-state index in [4.69, 9.17) is 9.72 Å². The van der Waals surface area contributed by atoms with Gasteiger partial charge in [0.25, 0.3) is 5.69 Å². The molecule has 2 aromatic rings. The molecule has 27 heavy (non-hydrogen) atoms. The third kappa shape index (κ3) is 4.58. The van der Waals surface area contributed by atoms with Crippen LogP contribution in [0.2, 0.25) is 0 Å². The predicted molar refractivity (Wildman–Crippen MR) is 102 cm³/mol. The first kappa shape index (κ1) is 19.2. The van der Waals surface area contributed by atoms with Crippen LogP contribution in [0.5, 0.6) is 0 Å². The predicted octanol–water partition coefficient (Wildman–Crippen LogP) is 2.59. The third-order valence-electron chi connectivity index (χ3n) is 4.60. The van der Waals surface area contributed by atoms with Crippen molar-refractivity contribution in [2.45, 2.75) is 38.8 Å². The number of benzene rings is 1. The summed E-state index contributed by atoms with van der Waals surface area (Å²) in [6.45, 7) is 5.64. The van der Waals surface area contributed by atoms with E-state index in [0.29, 0.717) is 32.0 Å². The highest BCUT2D eigenvalue weighted by Crippen LogP contribution is 2.26. The molecule has 0 amide bonds. The number of nitrogens with zero attached hydrogens (tertiary/aromatic N) is 4. The van der Waals surface area contributed by atoms with E-state index in [1.165, 1.54) is 12.1 Å².